The Hall–Kier alpha value is -1.55. The number of alkyl halides is 1. The van der Waals surface area contributed by atoms with Gasteiger partial charge in [0.2, 0.25) is 5.56 Å². The summed E-state index contributed by atoms with van der Waals surface area (Å²) in [6.45, 7) is 0. The van der Waals surface area contributed by atoms with Crippen LogP contribution in [0.5, 0.6) is 0 Å². The van der Waals surface area contributed by atoms with Crippen LogP contribution in [0, 0.1) is 0 Å². The van der Waals surface area contributed by atoms with Gasteiger partial charge in [-0.1, -0.05) is 11.6 Å². The van der Waals surface area contributed by atoms with Gasteiger partial charge in [0, 0.05) is 5.56 Å². The average molecular weight is 213 g/mol. The third-order valence-electron chi connectivity index (χ3n) is 1.97. The molecule has 4 nitrogen and oxygen atoms in total. The standard InChI is InChI=1S/C9H5ClO4/c10-7-6-3-4(8(11)12)1-2-5(6)9(13)14-7/h1-3,7H,(H,11,12). The van der Waals surface area contributed by atoms with Crippen LogP contribution in [-0.2, 0) is 4.74 Å². The van der Waals surface area contributed by atoms with E-state index in [0.717, 1.165) is 0 Å². The summed E-state index contributed by atoms with van der Waals surface area (Å²) in [5, 5.41) is 8.70. The maximum absolute atomic E-state index is 11.1. The monoisotopic (exact) mass is 212 g/mol. The highest BCUT2D eigenvalue weighted by molar-refractivity contribution is 6.22. The van der Waals surface area contributed by atoms with Crippen LogP contribution in [-0.4, -0.2) is 17.0 Å². The Bertz CT molecular complexity index is 427. The number of halogens is 1. The topological polar surface area (TPSA) is 63.6 Å². The zero-order valence-corrected chi connectivity index (χ0v) is 7.62. The first-order valence-electron chi connectivity index (χ1n) is 3.82. The van der Waals surface area contributed by atoms with Gasteiger partial charge >= 0.3 is 11.9 Å². The molecular weight excluding hydrogens is 208 g/mol. The van der Waals surface area contributed by atoms with Crippen molar-refractivity contribution < 1.29 is 19.4 Å². The molecule has 5 heteroatoms. The van der Waals surface area contributed by atoms with Crippen molar-refractivity contribution in [2.24, 2.45) is 0 Å². The van der Waals surface area contributed by atoms with Crippen LogP contribution in [0.25, 0.3) is 0 Å². The largest absolute Gasteiger partial charge is 0.478 e. The molecule has 0 saturated heterocycles. The molecule has 0 aromatic heterocycles. The molecule has 0 spiro atoms. The van der Waals surface area contributed by atoms with E-state index >= 15 is 0 Å². The number of hydrogen-bond donors (Lipinski definition) is 1. The minimum Gasteiger partial charge on any atom is -0.478 e. The zero-order valence-electron chi connectivity index (χ0n) is 6.86. The predicted octanol–water partition coefficient (Wildman–Crippen LogP) is 1.79. The van der Waals surface area contributed by atoms with Gasteiger partial charge in [-0.3, -0.25) is 0 Å². The van der Waals surface area contributed by atoms with Crippen LogP contribution >= 0.6 is 11.6 Å². The van der Waals surface area contributed by atoms with Gasteiger partial charge in [-0.2, -0.15) is 0 Å². The molecule has 0 aliphatic carbocycles. The second kappa shape index (κ2) is 2.99. The van der Waals surface area contributed by atoms with E-state index in [1.165, 1.54) is 18.2 Å². The van der Waals surface area contributed by atoms with Gasteiger partial charge in [0.25, 0.3) is 0 Å². The maximum atomic E-state index is 11.1. The number of carbonyl (C=O) groups is 2. The van der Waals surface area contributed by atoms with Crippen molar-refractivity contribution in [3.63, 3.8) is 0 Å². The molecule has 14 heavy (non-hydrogen) atoms. The fourth-order valence-corrected chi connectivity index (χ4v) is 1.55. The van der Waals surface area contributed by atoms with E-state index < -0.39 is 17.5 Å². The van der Waals surface area contributed by atoms with Crippen molar-refractivity contribution in [2.45, 2.75) is 5.56 Å². The van der Waals surface area contributed by atoms with E-state index in [2.05, 4.69) is 0 Å². The van der Waals surface area contributed by atoms with E-state index in [1.807, 2.05) is 0 Å². The summed E-state index contributed by atoms with van der Waals surface area (Å²) in [4.78, 5) is 21.7. The Balaban J connectivity index is 2.55. The second-order valence-corrected chi connectivity index (χ2v) is 3.22. The molecule has 2 rings (SSSR count). The number of ether oxygens (including phenoxy) is 1. The Morgan fingerprint density at radius 3 is 2.86 bits per heavy atom. The molecule has 0 saturated carbocycles. The normalized spacial score (nSPS) is 18.9. The molecule has 1 atom stereocenters. The number of benzene rings is 1. The molecule has 1 unspecified atom stereocenters. The zero-order chi connectivity index (χ0) is 10.3. The van der Waals surface area contributed by atoms with Crippen molar-refractivity contribution >= 4 is 23.5 Å². The van der Waals surface area contributed by atoms with Gasteiger partial charge in [0.1, 0.15) is 0 Å². The second-order valence-electron chi connectivity index (χ2n) is 2.83. The molecule has 1 aromatic carbocycles. The molecule has 1 N–H and O–H groups in total. The lowest BCUT2D eigenvalue weighted by Gasteiger charge is -2.00. The summed E-state index contributed by atoms with van der Waals surface area (Å²) in [6, 6.07) is 4.10. The molecule has 72 valence electrons. The highest BCUT2D eigenvalue weighted by Gasteiger charge is 2.29. The number of cyclic esters (lactones) is 1. The minimum atomic E-state index is -1.06. The van der Waals surface area contributed by atoms with Gasteiger partial charge in [-0.05, 0) is 18.2 Å². The molecule has 1 heterocycles. The van der Waals surface area contributed by atoms with Gasteiger partial charge in [-0.15, -0.1) is 0 Å². The lowest BCUT2D eigenvalue weighted by atomic mass is 10.1. The molecular formula is C9H5ClO4. The van der Waals surface area contributed by atoms with E-state index in [-0.39, 0.29) is 5.56 Å². The molecule has 0 fully saturated rings. The molecule has 1 aliphatic rings. The Kier molecular flexibility index (Phi) is 1.93. The van der Waals surface area contributed by atoms with Gasteiger partial charge in [-0.25, -0.2) is 9.59 Å². The number of rotatable bonds is 1. The maximum Gasteiger partial charge on any atom is 0.340 e. The first-order valence-corrected chi connectivity index (χ1v) is 4.25. The average Bonchev–Trinajstić information content (AvgIpc) is 2.42. The van der Waals surface area contributed by atoms with Crippen molar-refractivity contribution in [1.29, 1.82) is 0 Å². The number of carbonyl (C=O) groups excluding carboxylic acids is 1. The first-order chi connectivity index (χ1) is 6.59. The highest BCUT2D eigenvalue weighted by Crippen LogP contribution is 2.33. The fourth-order valence-electron chi connectivity index (χ4n) is 1.29. The summed E-state index contributed by atoms with van der Waals surface area (Å²) < 4.78 is 4.70. The number of aromatic carboxylic acids is 1. The van der Waals surface area contributed by atoms with Crippen LogP contribution in [0.15, 0.2) is 18.2 Å². The summed E-state index contributed by atoms with van der Waals surface area (Å²) in [5.41, 5.74) is -0.0453. The molecule has 1 aliphatic heterocycles. The molecule has 0 bridgehead atoms. The number of carboxylic acid groups (broad SMARTS) is 1. The van der Waals surface area contributed by atoms with E-state index in [1.54, 1.807) is 0 Å². The Labute approximate surface area is 84.1 Å². The van der Waals surface area contributed by atoms with E-state index in [9.17, 15) is 9.59 Å². The van der Waals surface area contributed by atoms with Gasteiger partial charge in [0.05, 0.1) is 11.1 Å². The van der Waals surface area contributed by atoms with Crippen molar-refractivity contribution in [3.8, 4) is 0 Å². The lowest BCUT2D eigenvalue weighted by Crippen LogP contribution is -1.98. The van der Waals surface area contributed by atoms with E-state index in [4.69, 9.17) is 21.4 Å². The SMILES string of the molecule is O=C(O)c1ccc2c(c1)C(Cl)OC2=O. The molecule has 1 aromatic rings. The van der Waals surface area contributed by atoms with E-state index in [0.29, 0.717) is 11.1 Å². The number of carboxylic acids is 1. The third kappa shape index (κ3) is 1.24. The van der Waals surface area contributed by atoms with Crippen molar-refractivity contribution in [2.75, 3.05) is 0 Å². The third-order valence-corrected chi connectivity index (χ3v) is 2.30. The first kappa shape index (κ1) is 9.02. The lowest BCUT2D eigenvalue weighted by molar-refractivity contribution is 0.0512. The Morgan fingerprint density at radius 2 is 2.21 bits per heavy atom. The van der Waals surface area contributed by atoms with Crippen LogP contribution < -0.4 is 0 Å². The summed E-state index contributed by atoms with van der Waals surface area (Å²) in [5.74, 6) is -1.58. The van der Waals surface area contributed by atoms with Crippen LogP contribution in [0.4, 0.5) is 0 Å². The van der Waals surface area contributed by atoms with Crippen molar-refractivity contribution in [1.82, 2.24) is 0 Å². The number of fused-ring (bicyclic) bond motifs is 1. The fraction of sp³-hybridized carbons (Fsp3) is 0.111. The molecule has 0 amide bonds. The van der Waals surface area contributed by atoms with Crippen molar-refractivity contribution in [3.05, 3.63) is 34.9 Å². The predicted molar refractivity (Wildman–Crippen MR) is 47.4 cm³/mol. The summed E-state index contributed by atoms with van der Waals surface area (Å²) in [7, 11) is 0. The van der Waals surface area contributed by atoms with Gasteiger partial charge in [0.15, 0.2) is 0 Å². The van der Waals surface area contributed by atoms with Gasteiger partial charge < -0.3 is 9.84 Å². The number of hydrogen-bond acceptors (Lipinski definition) is 3. The quantitative estimate of drug-likeness (QED) is 0.570. The summed E-state index contributed by atoms with van der Waals surface area (Å²) >= 11 is 5.68. The smallest absolute Gasteiger partial charge is 0.340 e. The van der Waals surface area contributed by atoms with Crippen LogP contribution in [0.2, 0.25) is 0 Å². The number of esters is 1. The molecule has 0 radical (unpaired) electrons. The highest BCUT2D eigenvalue weighted by atomic mass is 35.5. The summed E-state index contributed by atoms with van der Waals surface area (Å²) in [6.07, 6.45) is 0. The Morgan fingerprint density at radius 1 is 1.50 bits per heavy atom. The van der Waals surface area contributed by atoms with Crippen LogP contribution in [0.3, 0.4) is 0 Å². The minimum absolute atomic E-state index is 0.0905. The van der Waals surface area contributed by atoms with Crippen LogP contribution in [0.1, 0.15) is 31.8 Å².